The summed E-state index contributed by atoms with van der Waals surface area (Å²) in [6.07, 6.45) is 0.673. The van der Waals surface area contributed by atoms with Crippen molar-refractivity contribution in [3.63, 3.8) is 0 Å². The standard InChI is InChI=1S/C34H38N2O6/c1-6-24-8-14-27(15-9-24)34(28-16-10-25(7-2)11-17-28,41-21-20-26-12-18-29(39-4)19-13-26)31(32(37)38)42-33-35-23(3)22-30(36-33)40-5/h8-19,22,31H,6-7,20-21H2,1-5H3,(H,37,38). The van der Waals surface area contributed by atoms with Gasteiger partial charge >= 0.3 is 12.0 Å². The molecule has 0 bridgehead atoms. The number of benzene rings is 3. The van der Waals surface area contributed by atoms with Crippen LogP contribution in [0.2, 0.25) is 0 Å². The number of ether oxygens (including phenoxy) is 4. The lowest BCUT2D eigenvalue weighted by Gasteiger charge is -2.39. The van der Waals surface area contributed by atoms with Gasteiger partial charge < -0.3 is 24.1 Å². The van der Waals surface area contributed by atoms with Crippen molar-refractivity contribution in [1.29, 1.82) is 0 Å². The molecule has 3 aromatic carbocycles. The summed E-state index contributed by atoms with van der Waals surface area (Å²) >= 11 is 0. The van der Waals surface area contributed by atoms with E-state index in [2.05, 4.69) is 23.8 Å². The van der Waals surface area contributed by atoms with Crippen molar-refractivity contribution in [3.8, 4) is 17.6 Å². The summed E-state index contributed by atoms with van der Waals surface area (Å²) in [6, 6.07) is 24.9. The molecule has 0 saturated carbocycles. The lowest BCUT2D eigenvalue weighted by atomic mass is 9.80. The molecule has 8 heteroatoms. The number of aromatic nitrogens is 2. The molecule has 1 N–H and O–H groups in total. The number of carbonyl (C=O) groups is 1. The Morgan fingerprint density at radius 1 is 0.810 bits per heavy atom. The third-order valence-electron chi connectivity index (χ3n) is 7.30. The first-order valence-corrected chi connectivity index (χ1v) is 14.1. The summed E-state index contributed by atoms with van der Waals surface area (Å²) in [5.74, 6) is -0.191. The number of hydrogen-bond acceptors (Lipinski definition) is 7. The molecule has 0 aliphatic rings. The zero-order chi connectivity index (χ0) is 30.1. The van der Waals surface area contributed by atoms with E-state index in [0.717, 1.165) is 35.3 Å². The molecule has 1 unspecified atom stereocenters. The van der Waals surface area contributed by atoms with E-state index in [1.807, 2.05) is 72.8 Å². The molecule has 42 heavy (non-hydrogen) atoms. The lowest BCUT2D eigenvalue weighted by Crippen LogP contribution is -2.51. The van der Waals surface area contributed by atoms with Crippen molar-refractivity contribution in [3.05, 3.63) is 112 Å². The maximum atomic E-state index is 13.2. The first kappa shape index (κ1) is 30.5. The van der Waals surface area contributed by atoms with Crippen LogP contribution in [0.15, 0.2) is 78.9 Å². The zero-order valence-electron chi connectivity index (χ0n) is 24.8. The second kappa shape index (κ2) is 14.0. The fourth-order valence-electron chi connectivity index (χ4n) is 4.89. The molecule has 0 saturated heterocycles. The van der Waals surface area contributed by atoms with E-state index in [9.17, 15) is 9.90 Å². The number of carboxylic acids is 1. The molecule has 0 spiro atoms. The summed E-state index contributed by atoms with van der Waals surface area (Å²) in [5.41, 5.74) is 3.57. The number of methoxy groups -OCH3 is 2. The van der Waals surface area contributed by atoms with Gasteiger partial charge in [0.15, 0.2) is 5.60 Å². The van der Waals surface area contributed by atoms with Crippen molar-refractivity contribution in [2.45, 2.75) is 51.7 Å². The van der Waals surface area contributed by atoms with Crippen LogP contribution in [-0.4, -0.2) is 48.0 Å². The topological polar surface area (TPSA) is 100 Å². The number of nitrogens with zero attached hydrogens (tertiary/aromatic N) is 2. The molecule has 0 aliphatic carbocycles. The van der Waals surface area contributed by atoms with Gasteiger partial charge in [-0.25, -0.2) is 9.78 Å². The Kier molecular flexibility index (Phi) is 10.1. The van der Waals surface area contributed by atoms with E-state index in [4.69, 9.17) is 18.9 Å². The van der Waals surface area contributed by atoms with Crippen molar-refractivity contribution in [2.24, 2.45) is 0 Å². The number of rotatable bonds is 14. The van der Waals surface area contributed by atoms with Gasteiger partial charge in [0.25, 0.3) is 0 Å². The zero-order valence-corrected chi connectivity index (χ0v) is 24.8. The van der Waals surface area contributed by atoms with Crippen LogP contribution in [0.4, 0.5) is 0 Å². The number of aryl methyl sites for hydroxylation is 3. The predicted molar refractivity (Wildman–Crippen MR) is 160 cm³/mol. The summed E-state index contributed by atoms with van der Waals surface area (Å²) in [6.45, 7) is 6.12. The Hall–Kier alpha value is -4.43. The van der Waals surface area contributed by atoms with Gasteiger partial charge in [0.05, 0.1) is 20.8 Å². The van der Waals surface area contributed by atoms with Gasteiger partial charge in [-0.05, 0) is 66.1 Å². The molecule has 220 valence electrons. The Balaban J connectivity index is 1.86. The highest BCUT2D eigenvalue weighted by atomic mass is 16.6. The van der Waals surface area contributed by atoms with Crippen LogP contribution in [0.5, 0.6) is 17.6 Å². The molecule has 4 rings (SSSR count). The van der Waals surface area contributed by atoms with Crippen LogP contribution in [-0.2, 0) is 34.4 Å². The smallest absolute Gasteiger partial charge is 0.348 e. The van der Waals surface area contributed by atoms with Crippen LogP contribution >= 0.6 is 0 Å². The Labute approximate surface area is 247 Å². The molecule has 4 aromatic rings. The average molecular weight is 571 g/mol. The van der Waals surface area contributed by atoms with E-state index in [1.54, 1.807) is 20.1 Å². The van der Waals surface area contributed by atoms with E-state index in [1.165, 1.54) is 7.11 Å². The van der Waals surface area contributed by atoms with Gasteiger partial charge in [-0.3, -0.25) is 0 Å². The highest BCUT2D eigenvalue weighted by Crippen LogP contribution is 2.40. The van der Waals surface area contributed by atoms with Crippen molar-refractivity contribution in [2.75, 3.05) is 20.8 Å². The second-order valence-electron chi connectivity index (χ2n) is 9.95. The van der Waals surface area contributed by atoms with Gasteiger partial charge in [-0.1, -0.05) is 74.5 Å². The fraction of sp³-hybridized carbons (Fsp3) is 0.324. The molecule has 1 aromatic heterocycles. The summed E-state index contributed by atoms with van der Waals surface area (Å²) < 4.78 is 23.5. The Morgan fingerprint density at radius 3 is 1.83 bits per heavy atom. The minimum atomic E-state index is -1.54. The summed E-state index contributed by atoms with van der Waals surface area (Å²) in [4.78, 5) is 21.8. The number of carboxylic acid groups (broad SMARTS) is 1. The van der Waals surface area contributed by atoms with E-state index in [0.29, 0.717) is 23.2 Å². The molecule has 1 heterocycles. The second-order valence-corrected chi connectivity index (χ2v) is 9.95. The van der Waals surface area contributed by atoms with Crippen LogP contribution in [0.25, 0.3) is 0 Å². The average Bonchev–Trinajstić information content (AvgIpc) is 3.02. The van der Waals surface area contributed by atoms with Crippen LogP contribution < -0.4 is 14.2 Å². The summed E-state index contributed by atoms with van der Waals surface area (Å²) in [7, 11) is 3.11. The van der Waals surface area contributed by atoms with Gasteiger partial charge in [-0.15, -0.1) is 0 Å². The maximum absolute atomic E-state index is 13.2. The van der Waals surface area contributed by atoms with Gasteiger partial charge in [0.1, 0.15) is 5.75 Å². The number of hydrogen-bond donors (Lipinski definition) is 1. The van der Waals surface area contributed by atoms with Gasteiger partial charge in [-0.2, -0.15) is 4.98 Å². The number of aliphatic carboxylic acids is 1. The van der Waals surface area contributed by atoms with Gasteiger partial charge in [0.2, 0.25) is 12.0 Å². The molecular formula is C34H38N2O6. The molecule has 0 radical (unpaired) electrons. The van der Waals surface area contributed by atoms with Crippen LogP contribution in [0, 0.1) is 6.92 Å². The first-order valence-electron chi connectivity index (χ1n) is 14.1. The minimum absolute atomic E-state index is 0.113. The van der Waals surface area contributed by atoms with Crippen molar-refractivity contribution < 1.29 is 28.8 Å². The van der Waals surface area contributed by atoms with Crippen molar-refractivity contribution in [1.82, 2.24) is 9.97 Å². The SMILES string of the molecule is CCc1ccc(C(OCCc2ccc(OC)cc2)(c2ccc(CC)cc2)C(Oc2nc(C)cc(OC)n2)C(=O)O)cc1. The first-order chi connectivity index (χ1) is 20.3. The fourth-order valence-corrected chi connectivity index (χ4v) is 4.89. The predicted octanol–water partition coefficient (Wildman–Crippen LogP) is 5.96. The molecule has 0 fully saturated rings. The van der Waals surface area contributed by atoms with Crippen molar-refractivity contribution >= 4 is 5.97 Å². The monoisotopic (exact) mass is 570 g/mol. The van der Waals surface area contributed by atoms with Crippen LogP contribution in [0.3, 0.4) is 0 Å². The molecular weight excluding hydrogens is 532 g/mol. The normalized spacial score (nSPS) is 12.0. The molecule has 0 aliphatic heterocycles. The third kappa shape index (κ3) is 6.89. The summed E-state index contributed by atoms with van der Waals surface area (Å²) in [5, 5.41) is 10.8. The Bertz CT molecular complexity index is 1410. The third-order valence-corrected chi connectivity index (χ3v) is 7.30. The highest BCUT2D eigenvalue weighted by Gasteiger charge is 2.50. The highest BCUT2D eigenvalue weighted by molar-refractivity contribution is 5.76. The quantitative estimate of drug-likeness (QED) is 0.198. The largest absolute Gasteiger partial charge is 0.497 e. The molecule has 8 nitrogen and oxygen atoms in total. The Morgan fingerprint density at radius 2 is 1.36 bits per heavy atom. The molecule has 1 atom stereocenters. The van der Waals surface area contributed by atoms with Crippen LogP contribution in [0.1, 0.15) is 47.4 Å². The van der Waals surface area contributed by atoms with Gasteiger partial charge in [0, 0.05) is 11.8 Å². The maximum Gasteiger partial charge on any atom is 0.348 e. The van der Waals surface area contributed by atoms with E-state index < -0.39 is 17.7 Å². The van der Waals surface area contributed by atoms with E-state index in [-0.39, 0.29) is 18.5 Å². The molecule has 0 amide bonds. The van der Waals surface area contributed by atoms with E-state index >= 15 is 0 Å². The minimum Gasteiger partial charge on any atom is -0.497 e. The lowest BCUT2D eigenvalue weighted by molar-refractivity contribution is -0.164.